The Bertz CT molecular complexity index is 408. The van der Waals surface area contributed by atoms with Gasteiger partial charge in [0.05, 0.1) is 18.9 Å². The highest BCUT2D eigenvalue weighted by Gasteiger charge is 2.17. The van der Waals surface area contributed by atoms with Crippen molar-refractivity contribution < 1.29 is 4.79 Å². The summed E-state index contributed by atoms with van der Waals surface area (Å²) in [5, 5.41) is 11.3. The molecule has 1 N–H and O–H groups in total. The number of anilines is 1. The minimum absolute atomic E-state index is 0.0209. The molecule has 0 bridgehead atoms. The van der Waals surface area contributed by atoms with Crippen molar-refractivity contribution in [3.8, 4) is 6.07 Å². The number of piperazine rings is 1. The van der Waals surface area contributed by atoms with Crippen LogP contribution in [0.5, 0.6) is 0 Å². The van der Waals surface area contributed by atoms with Crippen molar-refractivity contribution in [1.29, 1.82) is 5.26 Å². The molecule has 0 radical (unpaired) electrons. The lowest BCUT2D eigenvalue weighted by Crippen LogP contribution is -2.48. The van der Waals surface area contributed by atoms with Gasteiger partial charge in [-0.15, -0.1) is 0 Å². The molecule has 15 heavy (non-hydrogen) atoms. The molecule has 1 fully saturated rings. The molecule has 0 aliphatic carbocycles. The highest BCUT2D eigenvalue weighted by molar-refractivity contribution is 5.82. The molecule has 1 aliphatic rings. The van der Waals surface area contributed by atoms with Gasteiger partial charge in [-0.3, -0.25) is 4.79 Å². The fourth-order valence-electron chi connectivity index (χ4n) is 1.38. The van der Waals surface area contributed by atoms with E-state index in [1.165, 1.54) is 12.4 Å². The molecule has 6 nitrogen and oxygen atoms in total. The summed E-state index contributed by atoms with van der Waals surface area (Å²) in [7, 11) is 0. The first-order valence-corrected chi connectivity index (χ1v) is 4.53. The maximum Gasteiger partial charge on any atom is 0.239 e. The Labute approximate surface area is 86.6 Å². The molecule has 0 atom stereocenters. The van der Waals surface area contributed by atoms with E-state index >= 15 is 0 Å². The monoisotopic (exact) mass is 203 g/mol. The molecular weight excluding hydrogens is 194 g/mol. The molecule has 6 heteroatoms. The molecule has 0 spiro atoms. The van der Waals surface area contributed by atoms with Crippen LogP contribution in [0.2, 0.25) is 0 Å². The summed E-state index contributed by atoms with van der Waals surface area (Å²) in [6.07, 6.45) is 2.92. The molecule has 76 valence electrons. The first-order valence-electron chi connectivity index (χ1n) is 4.53. The van der Waals surface area contributed by atoms with Gasteiger partial charge >= 0.3 is 0 Å². The Morgan fingerprint density at radius 3 is 2.93 bits per heavy atom. The van der Waals surface area contributed by atoms with Crippen molar-refractivity contribution in [2.75, 3.05) is 24.5 Å². The molecule has 2 rings (SSSR count). The van der Waals surface area contributed by atoms with Crippen molar-refractivity contribution in [3.63, 3.8) is 0 Å². The smallest absolute Gasteiger partial charge is 0.239 e. The van der Waals surface area contributed by atoms with E-state index in [1.54, 1.807) is 0 Å². The zero-order chi connectivity index (χ0) is 10.7. The van der Waals surface area contributed by atoms with E-state index in [2.05, 4.69) is 15.3 Å². The van der Waals surface area contributed by atoms with Crippen LogP contribution in [0, 0.1) is 11.3 Å². The normalized spacial score (nSPS) is 15.7. The predicted octanol–water partition coefficient (Wildman–Crippen LogP) is -0.716. The van der Waals surface area contributed by atoms with E-state index in [-0.39, 0.29) is 11.6 Å². The Balaban J connectivity index is 2.15. The average Bonchev–Trinajstić information content (AvgIpc) is 2.29. The lowest BCUT2D eigenvalue weighted by molar-refractivity contribution is -0.120. The number of nitriles is 1. The molecule has 1 saturated heterocycles. The van der Waals surface area contributed by atoms with E-state index in [0.29, 0.717) is 25.5 Å². The van der Waals surface area contributed by atoms with Gasteiger partial charge in [-0.05, 0) is 0 Å². The molecule has 1 amide bonds. The number of hydrogen-bond acceptors (Lipinski definition) is 5. The van der Waals surface area contributed by atoms with Crippen molar-refractivity contribution in [1.82, 2.24) is 15.3 Å². The molecule has 0 unspecified atom stereocenters. The van der Waals surface area contributed by atoms with Crippen molar-refractivity contribution >= 4 is 11.7 Å². The van der Waals surface area contributed by atoms with Crippen LogP contribution < -0.4 is 10.2 Å². The van der Waals surface area contributed by atoms with Crippen LogP contribution in [0.15, 0.2) is 12.4 Å². The topological polar surface area (TPSA) is 81.9 Å². The van der Waals surface area contributed by atoms with Gasteiger partial charge < -0.3 is 10.2 Å². The van der Waals surface area contributed by atoms with Crippen LogP contribution >= 0.6 is 0 Å². The van der Waals surface area contributed by atoms with Crippen molar-refractivity contribution in [2.24, 2.45) is 0 Å². The van der Waals surface area contributed by atoms with E-state index in [0.717, 1.165) is 0 Å². The summed E-state index contributed by atoms with van der Waals surface area (Å²) in [4.78, 5) is 20.9. The number of nitrogens with zero attached hydrogens (tertiary/aromatic N) is 4. The predicted molar refractivity (Wildman–Crippen MR) is 52.0 cm³/mol. The minimum Gasteiger partial charge on any atom is -0.353 e. The molecule has 1 aromatic heterocycles. The van der Waals surface area contributed by atoms with Gasteiger partial charge in [0.2, 0.25) is 5.91 Å². The molecule has 2 heterocycles. The third-order valence-corrected chi connectivity index (χ3v) is 2.12. The fourth-order valence-corrected chi connectivity index (χ4v) is 1.38. The summed E-state index contributed by atoms with van der Waals surface area (Å²) >= 11 is 0. The first-order chi connectivity index (χ1) is 7.29. The highest BCUT2D eigenvalue weighted by Crippen LogP contribution is 2.09. The summed E-state index contributed by atoms with van der Waals surface area (Å²) in [6.45, 7) is 1.62. The fraction of sp³-hybridized carbons (Fsp3) is 0.333. The third kappa shape index (κ3) is 2.02. The highest BCUT2D eigenvalue weighted by atomic mass is 16.2. The van der Waals surface area contributed by atoms with Crippen LogP contribution in [0.1, 0.15) is 5.69 Å². The Hall–Kier alpha value is -2.16. The van der Waals surface area contributed by atoms with E-state index in [4.69, 9.17) is 5.26 Å². The summed E-state index contributed by atoms with van der Waals surface area (Å²) < 4.78 is 0. The number of carbonyl (C=O) groups excluding carboxylic acids is 1. The van der Waals surface area contributed by atoms with Crippen molar-refractivity contribution in [3.05, 3.63) is 18.1 Å². The van der Waals surface area contributed by atoms with Gasteiger partial charge in [-0.2, -0.15) is 5.26 Å². The Morgan fingerprint density at radius 1 is 1.47 bits per heavy atom. The maximum absolute atomic E-state index is 11.1. The van der Waals surface area contributed by atoms with Crippen LogP contribution in [0.3, 0.4) is 0 Å². The summed E-state index contributed by atoms with van der Waals surface area (Å²) in [5.74, 6) is 0.608. The maximum atomic E-state index is 11.1. The zero-order valence-electron chi connectivity index (χ0n) is 7.97. The lowest BCUT2D eigenvalue weighted by Gasteiger charge is -2.27. The van der Waals surface area contributed by atoms with Gasteiger partial charge in [0.15, 0.2) is 5.69 Å². The van der Waals surface area contributed by atoms with Crippen LogP contribution in [-0.4, -0.2) is 35.5 Å². The molecule has 0 saturated carbocycles. The second kappa shape index (κ2) is 3.92. The van der Waals surface area contributed by atoms with Gasteiger partial charge in [0.25, 0.3) is 0 Å². The number of aromatic nitrogens is 2. The van der Waals surface area contributed by atoms with Gasteiger partial charge in [0, 0.05) is 13.1 Å². The largest absolute Gasteiger partial charge is 0.353 e. The minimum atomic E-state index is -0.0209. The molecule has 1 aromatic rings. The third-order valence-electron chi connectivity index (χ3n) is 2.12. The Morgan fingerprint density at radius 2 is 2.33 bits per heavy atom. The van der Waals surface area contributed by atoms with Crippen LogP contribution in [0.25, 0.3) is 0 Å². The van der Waals surface area contributed by atoms with Gasteiger partial charge in [-0.25, -0.2) is 9.97 Å². The quantitative estimate of drug-likeness (QED) is 0.651. The average molecular weight is 203 g/mol. The van der Waals surface area contributed by atoms with E-state index < -0.39 is 0 Å². The second-order valence-corrected chi connectivity index (χ2v) is 3.14. The number of hydrogen-bond donors (Lipinski definition) is 1. The standard InChI is InChI=1S/C9H9N5O/c10-3-7-4-13-8(5-12-7)14-2-1-11-9(15)6-14/h4-5H,1-2,6H2,(H,11,15). The molecule has 0 aromatic carbocycles. The van der Waals surface area contributed by atoms with Gasteiger partial charge in [0.1, 0.15) is 11.9 Å². The van der Waals surface area contributed by atoms with Crippen LogP contribution in [0.4, 0.5) is 5.82 Å². The van der Waals surface area contributed by atoms with E-state index in [9.17, 15) is 4.79 Å². The second-order valence-electron chi connectivity index (χ2n) is 3.14. The van der Waals surface area contributed by atoms with E-state index in [1.807, 2.05) is 11.0 Å². The first kappa shape index (κ1) is 9.40. The zero-order valence-corrected chi connectivity index (χ0v) is 7.97. The molecule has 1 aliphatic heterocycles. The summed E-state index contributed by atoms with van der Waals surface area (Å²) in [5.41, 5.74) is 0.278. The Kier molecular flexibility index (Phi) is 2.46. The van der Waals surface area contributed by atoms with Gasteiger partial charge in [-0.1, -0.05) is 0 Å². The van der Waals surface area contributed by atoms with Crippen LogP contribution in [-0.2, 0) is 4.79 Å². The lowest BCUT2D eigenvalue weighted by atomic mass is 10.3. The number of rotatable bonds is 1. The number of carbonyl (C=O) groups is 1. The number of amides is 1. The summed E-state index contributed by atoms with van der Waals surface area (Å²) in [6, 6.07) is 1.89. The van der Waals surface area contributed by atoms with Crippen molar-refractivity contribution in [2.45, 2.75) is 0 Å². The number of nitrogens with one attached hydrogen (secondary N) is 1. The SMILES string of the molecule is N#Cc1cnc(N2CCNC(=O)C2)cn1. The molecular formula is C9H9N5O.